The second kappa shape index (κ2) is 10.2. The zero-order valence-electron chi connectivity index (χ0n) is 19.1. The van der Waals surface area contributed by atoms with Crippen LogP contribution in [0, 0.1) is 0 Å². The number of likely N-dealkylation sites (tertiary alicyclic amines) is 1. The van der Waals surface area contributed by atoms with Crippen LogP contribution in [0.1, 0.15) is 46.6 Å². The fraction of sp³-hybridized carbons (Fsp3) is 0.286. The molecule has 1 aliphatic rings. The molecule has 1 saturated heterocycles. The van der Waals surface area contributed by atoms with Crippen LogP contribution < -0.4 is 5.73 Å². The lowest BCUT2D eigenvalue weighted by atomic mass is 9.85. The summed E-state index contributed by atoms with van der Waals surface area (Å²) in [5.74, 6) is -0.942. The monoisotopic (exact) mass is 458 g/mol. The number of hydrogen-bond acceptors (Lipinski definition) is 4. The first-order valence-corrected chi connectivity index (χ1v) is 11.6. The largest absolute Gasteiger partial charge is 0.479 e. The minimum Gasteiger partial charge on any atom is -0.479 e. The lowest BCUT2D eigenvalue weighted by Gasteiger charge is -2.32. The van der Waals surface area contributed by atoms with Crippen molar-refractivity contribution < 1.29 is 19.8 Å². The van der Waals surface area contributed by atoms with Crippen molar-refractivity contribution in [3.63, 3.8) is 0 Å². The number of aliphatic carboxylic acids is 1. The molecule has 6 heteroatoms. The molecular formula is C28H30N2O4. The Hall–Kier alpha value is -3.48. The number of aliphatic hydroxyl groups is 1. The van der Waals surface area contributed by atoms with Crippen LogP contribution in [-0.2, 0) is 28.2 Å². The molecule has 1 atom stereocenters. The number of carbonyl (C=O) groups is 2. The Bertz CT molecular complexity index is 1160. The SMILES string of the molecule is NCc1cccc(C2CCN(C(=O)Cc3cccc([C@@](O)(C(=O)O)c4ccccc4)c3)CC2)c1. The van der Waals surface area contributed by atoms with Crippen molar-refractivity contribution >= 4 is 11.9 Å². The van der Waals surface area contributed by atoms with Gasteiger partial charge in [0.05, 0.1) is 6.42 Å². The second-order valence-electron chi connectivity index (χ2n) is 8.86. The molecule has 176 valence electrons. The van der Waals surface area contributed by atoms with Gasteiger partial charge in [-0.3, -0.25) is 4.79 Å². The van der Waals surface area contributed by atoms with E-state index in [1.165, 1.54) is 5.56 Å². The summed E-state index contributed by atoms with van der Waals surface area (Å²) in [7, 11) is 0. The van der Waals surface area contributed by atoms with Gasteiger partial charge in [-0.25, -0.2) is 4.79 Å². The number of nitrogens with two attached hydrogens (primary N) is 1. The molecule has 0 spiro atoms. The van der Waals surface area contributed by atoms with Crippen molar-refractivity contribution in [2.24, 2.45) is 5.73 Å². The number of amides is 1. The normalized spacial score (nSPS) is 16.1. The molecule has 0 saturated carbocycles. The van der Waals surface area contributed by atoms with Gasteiger partial charge in [-0.1, -0.05) is 78.9 Å². The predicted octanol–water partition coefficient (Wildman–Crippen LogP) is 3.41. The Kier molecular flexibility index (Phi) is 7.10. The Morgan fingerprint density at radius 1 is 0.882 bits per heavy atom. The van der Waals surface area contributed by atoms with Crippen molar-refractivity contribution in [3.05, 3.63) is 107 Å². The molecule has 1 heterocycles. The Balaban J connectivity index is 1.44. The number of hydrogen-bond donors (Lipinski definition) is 3. The standard InChI is InChI=1S/C28H30N2O4/c29-19-21-7-4-8-23(16-21)22-12-14-30(15-13-22)26(31)18-20-6-5-11-25(17-20)28(34,27(32)33)24-9-2-1-3-10-24/h1-11,16-17,22,34H,12-15,18-19,29H2,(H,32,33)/t28-/m1/s1. The minimum atomic E-state index is -2.18. The van der Waals surface area contributed by atoms with Gasteiger partial charge >= 0.3 is 5.97 Å². The third kappa shape index (κ3) is 4.88. The van der Waals surface area contributed by atoms with Gasteiger partial charge in [0.25, 0.3) is 0 Å². The van der Waals surface area contributed by atoms with E-state index in [0.717, 1.165) is 18.4 Å². The van der Waals surface area contributed by atoms with Gasteiger partial charge in [0.15, 0.2) is 0 Å². The van der Waals surface area contributed by atoms with Gasteiger partial charge < -0.3 is 20.8 Å². The number of benzene rings is 3. The molecule has 3 aromatic rings. The fourth-order valence-electron chi connectivity index (χ4n) is 4.72. The quantitative estimate of drug-likeness (QED) is 0.503. The van der Waals surface area contributed by atoms with E-state index in [1.54, 1.807) is 54.6 Å². The summed E-state index contributed by atoms with van der Waals surface area (Å²) in [4.78, 5) is 26.9. The van der Waals surface area contributed by atoms with E-state index in [0.29, 0.717) is 31.1 Å². The number of piperidine rings is 1. The third-order valence-electron chi connectivity index (χ3n) is 6.71. The van der Waals surface area contributed by atoms with Crippen molar-refractivity contribution in [3.8, 4) is 0 Å². The molecule has 1 aliphatic heterocycles. The minimum absolute atomic E-state index is 0.00452. The fourth-order valence-corrected chi connectivity index (χ4v) is 4.72. The average Bonchev–Trinajstić information content (AvgIpc) is 2.89. The lowest BCUT2D eigenvalue weighted by Crippen LogP contribution is -2.39. The van der Waals surface area contributed by atoms with Crippen LogP contribution in [0.25, 0.3) is 0 Å². The molecule has 1 amide bonds. The van der Waals surface area contributed by atoms with Gasteiger partial charge in [-0.15, -0.1) is 0 Å². The maximum atomic E-state index is 13.0. The predicted molar refractivity (Wildman–Crippen MR) is 130 cm³/mol. The molecule has 3 aromatic carbocycles. The van der Waals surface area contributed by atoms with Crippen molar-refractivity contribution in [1.29, 1.82) is 0 Å². The van der Waals surface area contributed by atoms with Gasteiger partial charge in [-0.05, 0) is 46.6 Å². The van der Waals surface area contributed by atoms with Gasteiger partial charge in [0, 0.05) is 19.6 Å². The van der Waals surface area contributed by atoms with Crippen molar-refractivity contribution in [2.75, 3.05) is 13.1 Å². The van der Waals surface area contributed by atoms with E-state index in [1.807, 2.05) is 17.0 Å². The van der Waals surface area contributed by atoms with Gasteiger partial charge in [0.2, 0.25) is 11.5 Å². The van der Waals surface area contributed by atoms with Crippen LogP contribution in [0.3, 0.4) is 0 Å². The first kappa shape index (κ1) is 23.7. The molecule has 0 bridgehead atoms. The maximum Gasteiger partial charge on any atom is 0.345 e. The van der Waals surface area contributed by atoms with E-state index in [9.17, 15) is 19.8 Å². The number of carboxylic acids is 1. The molecule has 34 heavy (non-hydrogen) atoms. The third-order valence-corrected chi connectivity index (χ3v) is 6.71. The summed E-state index contributed by atoms with van der Waals surface area (Å²) < 4.78 is 0. The summed E-state index contributed by atoms with van der Waals surface area (Å²) in [5, 5.41) is 20.9. The van der Waals surface area contributed by atoms with Crippen molar-refractivity contribution in [2.45, 2.75) is 37.3 Å². The highest BCUT2D eigenvalue weighted by Gasteiger charge is 2.40. The summed E-state index contributed by atoms with van der Waals surface area (Å²) in [6, 6.07) is 23.3. The number of rotatable bonds is 7. The highest BCUT2D eigenvalue weighted by atomic mass is 16.4. The van der Waals surface area contributed by atoms with E-state index >= 15 is 0 Å². The lowest BCUT2D eigenvalue weighted by molar-refractivity contribution is -0.155. The van der Waals surface area contributed by atoms with Crippen LogP contribution >= 0.6 is 0 Å². The Morgan fingerprint density at radius 3 is 2.21 bits per heavy atom. The number of nitrogens with zero attached hydrogens (tertiary/aromatic N) is 1. The molecule has 0 aromatic heterocycles. The summed E-state index contributed by atoms with van der Waals surface area (Å²) >= 11 is 0. The highest BCUT2D eigenvalue weighted by molar-refractivity contribution is 5.84. The van der Waals surface area contributed by atoms with E-state index in [-0.39, 0.29) is 23.5 Å². The molecule has 0 radical (unpaired) electrons. The molecule has 6 nitrogen and oxygen atoms in total. The van der Waals surface area contributed by atoms with Crippen molar-refractivity contribution in [1.82, 2.24) is 4.90 Å². The van der Waals surface area contributed by atoms with Crippen LogP contribution in [0.2, 0.25) is 0 Å². The number of carbonyl (C=O) groups excluding carboxylic acids is 1. The van der Waals surface area contributed by atoms with Crippen LogP contribution in [0.15, 0.2) is 78.9 Å². The maximum absolute atomic E-state index is 13.0. The van der Waals surface area contributed by atoms with Crippen LogP contribution in [0.5, 0.6) is 0 Å². The number of carboxylic acid groups (broad SMARTS) is 1. The topological polar surface area (TPSA) is 104 Å². The Morgan fingerprint density at radius 2 is 1.53 bits per heavy atom. The van der Waals surface area contributed by atoms with Crippen LogP contribution in [0.4, 0.5) is 0 Å². The summed E-state index contributed by atoms with van der Waals surface area (Å²) in [5.41, 5.74) is 7.16. The summed E-state index contributed by atoms with van der Waals surface area (Å²) in [6.45, 7) is 1.88. The second-order valence-corrected chi connectivity index (χ2v) is 8.86. The van der Waals surface area contributed by atoms with E-state index in [2.05, 4.69) is 12.1 Å². The van der Waals surface area contributed by atoms with E-state index < -0.39 is 11.6 Å². The zero-order chi connectivity index (χ0) is 24.1. The molecule has 0 unspecified atom stereocenters. The Labute approximate surface area is 199 Å². The average molecular weight is 459 g/mol. The first-order chi connectivity index (χ1) is 16.4. The van der Waals surface area contributed by atoms with E-state index in [4.69, 9.17) is 5.73 Å². The first-order valence-electron chi connectivity index (χ1n) is 11.6. The highest BCUT2D eigenvalue weighted by Crippen LogP contribution is 2.31. The molecule has 4 N–H and O–H groups in total. The summed E-state index contributed by atoms with van der Waals surface area (Å²) in [6.07, 6.45) is 1.95. The smallest absolute Gasteiger partial charge is 0.345 e. The van der Waals surface area contributed by atoms with Gasteiger partial charge in [-0.2, -0.15) is 0 Å². The molecule has 4 rings (SSSR count). The molecule has 1 fully saturated rings. The zero-order valence-corrected chi connectivity index (χ0v) is 19.1. The molecule has 0 aliphatic carbocycles. The van der Waals surface area contributed by atoms with Gasteiger partial charge in [0.1, 0.15) is 0 Å². The molecular weight excluding hydrogens is 428 g/mol. The van der Waals surface area contributed by atoms with Crippen LogP contribution in [-0.4, -0.2) is 40.1 Å².